The number of amides is 1. The van der Waals surface area contributed by atoms with Crippen LogP contribution in [0.5, 0.6) is 0 Å². The summed E-state index contributed by atoms with van der Waals surface area (Å²) in [6, 6.07) is 14.5. The first-order valence-electron chi connectivity index (χ1n) is 8.80. The summed E-state index contributed by atoms with van der Waals surface area (Å²) in [6.45, 7) is 3.41. The van der Waals surface area contributed by atoms with Gasteiger partial charge in [0.15, 0.2) is 0 Å². The highest BCUT2D eigenvalue weighted by molar-refractivity contribution is 6.09. The lowest BCUT2D eigenvalue weighted by Crippen LogP contribution is -2.47. The minimum Gasteiger partial charge on any atom is -0.355 e. The highest BCUT2D eigenvalue weighted by atomic mass is 16.1. The van der Waals surface area contributed by atoms with E-state index in [1.54, 1.807) is 0 Å². The van der Waals surface area contributed by atoms with Crippen LogP contribution in [-0.2, 0) is 0 Å². The van der Waals surface area contributed by atoms with Crippen molar-refractivity contribution in [2.24, 2.45) is 5.92 Å². The smallest absolute Gasteiger partial charge is 0.251 e. The van der Waals surface area contributed by atoms with E-state index in [-0.39, 0.29) is 11.9 Å². The number of carbonyl (C=O) groups excluding carboxylic acids is 1. The molecule has 0 aliphatic carbocycles. The molecule has 3 heterocycles. The van der Waals surface area contributed by atoms with E-state index in [9.17, 15) is 4.79 Å². The molecule has 2 fully saturated rings. The van der Waals surface area contributed by atoms with Gasteiger partial charge in [-0.15, -0.1) is 0 Å². The van der Waals surface area contributed by atoms with Crippen LogP contribution in [0.3, 0.4) is 0 Å². The normalized spacial score (nSPS) is 26.1. The van der Waals surface area contributed by atoms with Crippen molar-refractivity contribution in [1.82, 2.24) is 15.2 Å². The fourth-order valence-corrected chi connectivity index (χ4v) is 4.42. The number of hydrogen-bond donors (Lipinski definition) is 2. The predicted molar refractivity (Wildman–Crippen MR) is 96.2 cm³/mol. The van der Waals surface area contributed by atoms with Crippen molar-refractivity contribution in [1.29, 1.82) is 0 Å². The molecule has 2 aliphatic heterocycles. The van der Waals surface area contributed by atoms with Crippen LogP contribution < -0.4 is 5.32 Å². The summed E-state index contributed by atoms with van der Waals surface area (Å²) in [5, 5.41) is 5.54. The van der Waals surface area contributed by atoms with Crippen molar-refractivity contribution in [3.05, 3.63) is 48.0 Å². The van der Waals surface area contributed by atoms with Crippen molar-refractivity contribution >= 4 is 27.7 Å². The summed E-state index contributed by atoms with van der Waals surface area (Å²) in [5.41, 5.74) is 2.94. The first-order chi connectivity index (χ1) is 11.8. The van der Waals surface area contributed by atoms with Crippen LogP contribution in [-0.4, -0.2) is 41.5 Å². The van der Waals surface area contributed by atoms with E-state index in [0.717, 1.165) is 40.9 Å². The van der Waals surface area contributed by atoms with E-state index in [1.165, 1.54) is 24.9 Å². The van der Waals surface area contributed by atoms with Crippen molar-refractivity contribution in [2.45, 2.75) is 18.9 Å². The van der Waals surface area contributed by atoms with Gasteiger partial charge in [0.2, 0.25) is 0 Å². The van der Waals surface area contributed by atoms with E-state index in [1.807, 2.05) is 30.3 Å². The number of benzene rings is 2. The molecule has 3 aromatic rings. The summed E-state index contributed by atoms with van der Waals surface area (Å²) >= 11 is 0. The lowest BCUT2D eigenvalue weighted by molar-refractivity contribution is 0.0909. The molecule has 4 nitrogen and oxygen atoms in total. The van der Waals surface area contributed by atoms with Crippen LogP contribution in [0.1, 0.15) is 23.2 Å². The van der Waals surface area contributed by atoms with Gasteiger partial charge in [-0.05, 0) is 49.6 Å². The Morgan fingerprint density at radius 1 is 1.08 bits per heavy atom. The zero-order valence-electron chi connectivity index (χ0n) is 13.6. The molecule has 2 aliphatic rings. The summed E-state index contributed by atoms with van der Waals surface area (Å²) < 4.78 is 0. The fraction of sp³-hybridized carbons (Fsp3) is 0.350. The summed E-state index contributed by atoms with van der Waals surface area (Å²) in [7, 11) is 0. The number of fused-ring (bicyclic) bond motifs is 5. The fourth-order valence-electron chi connectivity index (χ4n) is 4.42. The molecule has 0 radical (unpaired) electrons. The van der Waals surface area contributed by atoms with E-state index in [0.29, 0.717) is 0 Å². The molecule has 1 amide bonds. The average molecular weight is 319 g/mol. The number of nitrogens with zero attached hydrogens (tertiary/aromatic N) is 1. The maximum atomic E-state index is 12.7. The first kappa shape index (κ1) is 14.1. The Morgan fingerprint density at radius 2 is 1.96 bits per heavy atom. The molecule has 24 heavy (non-hydrogen) atoms. The summed E-state index contributed by atoms with van der Waals surface area (Å²) in [5.74, 6) is 0.815. The largest absolute Gasteiger partial charge is 0.355 e. The van der Waals surface area contributed by atoms with Crippen molar-refractivity contribution < 1.29 is 4.79 Å². The lowest BCUT2D eigenvalue weighted by Gasteiger charge is -2.30. The SMILES string of the molecule is O=C(N[C@@H]1C[C@@H]2CCN(C2)C1)c1ccc2[nH]c3ccccc3c2c1. The zero-order chi connectivity index (χ0) is 16.1. The van der Waals surface area contributed by atoms with Crippen LogP contribution in [0.2, 0.25) is 0 Å². The number of nitrogens with one attached hydrogen (secondary N) is 2. The molecule has 2 N–H and O–H groups in total. The molecule has 1 unspecified atom stereocenters. The number of aromatic nitrogens is 1. The van der Waals surface area contributed by atoms with Crippen LogP contribution in [0.25, 0.3) is 21.8 Å². The number of hydrogen-bond acceptors (Lipinski definition) is 2. The molecule has 0 saturated carbocycles. The number of para-hydroxylation sites is 1. The molecule has 2 aromatic carbocycles. The van der Waals surface area contributed by atoms with Gasteiger partial charge in [0.25, 0.3) is 5.91 Å². The second kappa shape index (κ2) is 5.35. The number of carbonyl (C=O) groups is 1. The molecule has 4 heteroatoms. The van der Waals surface area contributed by atoms with Gasteiger partial charge in [0.1, 0.15) is 0 Å². The monoisotopic (exact) mass is 319 g/mol. The van der Waals surface area contributed by atoms with E-state index >= 15 is 0 Å². The summed E-state index contributed by atoms with van der Waals surface area (Å²) in [4.78, 5) is 18.6. The quantitative estimate of drug-likeness (QED) is 0.762. The maximum absolute atomic E-state index is 12.7. The summed E-state index contributed by atoms with van der Waals surface area (Å²) in [6.07, 6.45) is 2.41. The number of H-pyrrole nitrogens is 1. The van der Waals surface area contributed by atoms with Crippen molar-refractivity contribution in [2.75, 3.05) is 19.6 Å². The van der Waals surface area contributed by atoms with Gasteiger partial charge in [-0.1, -0.05) is 18.2 Å². The molecule has 5 rings (SSSR count). The lowest BCUT2D eigenvalue weighted by atomic mass is 9.96. The third-order valence-electron chi connectivity index (χ3n) is 5.57. The number of aromatic amines is 1. The highest BCUT2D eigenvalue weighted by Crippen LogP contribution is 2.28. The van der Waals surface area contributed by atoms with Gasteiger partial charge < -0.3 is 15.2 Å². The van der Waals surface area contributed by atoms with E-state index in [4.69, 9.17) is 0 Å². The Balaban J connectivity index is 1.43. The van der Waals surface area contributed by atoms with Gasteiger partial charge in [-0.25, -0.2) is 0 Å². The van der Waals surface area contributed by atoms with E-state index < -0.39 is 0 Å². The second-order valence-electron chi connectivity index (χ2n) is 7.25. The third-order valence-corrected chi connectivity index (χ3v) is 5.57. The minimum atomic E-state index is 0.0506. The molecule has 2 saturated heterocycles. The Morgan fingerprint density at radius 3 is 2.88 bits per heavy atom. The Bertz CT molecular complexity index is 917. The maximum Gasteiger partial charge on any atom is 0.251 e. The van der Waals surface area contributed by atoms with Crippen LogP contribution in [0, 0.1) is 5.92 Å². The van der Waals surface area contributed by atoms with Crippen LogP contribution in [0.15, 0.2) is 42.5 Å². The van der Waals surface area contributed by atoms with E-state index in [2.05, 4.69) is 27.3 Å². The third kappa shape index (κ3) is 2.29. The molecule has 122 valence electrons. The molecule has 1 aromatic heterocycles. The standard InChI is InChI=1S/C20H21N3O/c24-20(21-15-9-13-7-8-23(11-13)12-15)14-5-6-19-17(10-14)16-3-1-2-4-18(16)22-19/h1-6,10,13,15,22H,7-9,11-12H2,(H,21,24)/t13-,15+/m0/s1. The van der Waals surface area contributed by atoms with Crippen LogP contribution in [0.4, 0.5) is 0 Å². The van der Waals surface area contributed by atoms with Gasteiger partial charge in [-0.2, -0.15) is 0 Å². The predicted octanol–water partition coefficient (Wildman–Crippen LogP) is 3.15. The van der Waals surface area contributed by atoms with Gasteiger partial charge >= 0.3 is 0 Å². The number of rotatable bonds is 2. The van der Waals surface area contributed by atoms with Crippen LogP contribution >= 0.6 is 0 Å². The Kier molecular flexibility index (Phi) is 3.13. The molecule has 3 atom stereocenters. The van der Waals surface area contributed by atoms with Crippen molar-refractivity contribution in [3.63, 3.8) is 0 Å². The highest BCUT2D eigenvalue weighted by Gasteiger charge is 2.32. The average Bonchev–Trinajstić information content (AvgIpc) is 3.14. The Labute approximate surface area is 140 Å². The number of piperidine rings is 1. The Hall–Kier alpha value is -2.33. The van der Waals surface area contributed by atoms with Gasteiger partial charge in [0.05, 0.1) is 0 Å². The first-order valence-corrected chi connectivity index (χ1v) is 8.80. The van der Waals surface area contributed by atoms with Gasteiger partial charge in [0, 0.05) is 46.5 Å². The molecular weight excluding hydrogens is 298 g/mol. The molecule has 0 spiro atoms. The van der Waals surface area contributed by atoms with Gasteiger partial charge in [-0.3, -0.25) is 4.79 Å². The molecular formula is C20H21N3O. The minimum absolute atomic E-state index is 0.0506. The second-order valence-corrected chi connectivity index (χ2v) is 7.25. The zero-order valence-corrected chi connectivity index (χ0v) is 13.6. The topological polar surface area (TPSA) is 48.1 Å². The van der Waals surface area contributed by atoms with Crippen molar-refractivity contribution in [3.8, 4) is 0 Å². The molecule has 2 bridgehead atoms.